The third-order valence-electron chi connectivity index (χ3n) is 2.60. The minimum Gasteiger partial charge on any atom is -0.156 e. The van der Waals surface area contributed by atoms with Gasteiger partial charge in [0.2, 0.25) is 0 Å². The molecule has 1 heteroatoms. The molecule has 0 aliphatic carbocycles. The van der Waals surface area contributed by atoms with Crippen LogP contribution in [0.2, 0.25) is 0 Å². The van der Waals surface area contributed by atoms with Crippen molar-refractivity contribution in [3.8, 4) is 0 Å². The zero-order valence-corrected chi connectivity index (χ0v) is 8.81. The molecule has 0 bridgehead atoms. The van der Waals surface area contributed by atoms with E-state index in [9.17, 15) is 0 Å². The molecule has 0 spiro atoms. The molecule has 0 aromatic heterocycles. The smallest absolute Gasteiger partial charge is 0.156 e. The summed E-state index contributed by atoms with van der Waals surface area (Å²) in [6, 6.07) is 8.91. The minimum atomic E-state index is 0. The largest absolute Gasteiger partial charge is 1.00 e. The fourth-order valence-electron chi connectivity index (χ4n) is 1.62. The molecule has 2 aromatic carbocycles. The standard InChI is InChI=1S/C12H13.Li/c1-8-4-5-11-6-9(2)10(3)7-12(8)11;/h4-7H,1-3H3;/q-1;+1. The van der Waals surface area contributed by atoms with Gasteiger partial charge in [0.15, 0.2) is 0 Å². The van der Waals surface area contributed by atoms with Crippen LogP contribution in [0.3, 0.4) is 0 Å². The fourth-order valence-corrected chi connectivity index (χ4v) is 1.62. The van der Waals surface area contributed by atoms with E-state index in [0.717, 1.165) is 0 Å². The van der Waals surface area contributed by atoms with Crippen molar-refractivity contribution in [3.63, 3.8) is 0 Å². The summed E-state index contributed by atoms with van der Waals surface area (Å²) in [5.74, 6) is 0. The van der Waals surface area contributed by atoms with E-state index in [4.69, 9.17) is 0 Å². The van der Waals surface area contributed by atoms with Gasteiger partial charge < -0.3 is 0 Å². The Balaban J connectivity index is 0.000000845. The van der Waals surface area contributed by atoms with E-state index in [1.807, 2.05) is 0 Å². The quantitative estimate of drug-likeness (QED) is 0.392. The van der Waals surface area contributed by atoms with Crippen LogP contribution in [0.15, 0.2) is 24.3 Å². The molecule has 0 aliphatic rings. The first-order chi connectivity index (χ1) is 5.68. The average molecular weight is 164 g/mol. The number of rotatable bonds is 0. The summed E-state index contributed by atoms with van der Waals surface area (Å²) in [5, 5.41) is 2.77. The molecule has 0 atom stereocenters. The molecule has 0 heterocycles. The number of benzene rings is 1. The summed E-state index contributed by atoms with van der Waals surface area (Å²) in [5.41, 5.74) is 4.15. The van der Waals surface area contributed by atoms with Crippen molar-refractivity contribution < 1.29 is 18.9 Å². The Labute approximate surface area is 91.5 Å². The van der Waals surface area contributed by atoms with Crippen molar-refractivity contribution in [2.75, 3.05) is 0 Å². The predicted molar refractivity (Wildman–Crippen MR) is 53.8 cm³/mol. The molecule has 13 heavy (non-hydrogen) atoms. The summed E-state index contributed by atoms with van der Waals surface area (Å²) < 4.78 is 0. The SMILES string of the molecule is Cc1cc2[cH-]cc(C)c2cc1C.[Li+]. The van der Waals surface area contributed by atoms with Crippen LogP contribution < -0.4 is 18.9 Å². The summed E-state index contributed by atoms with van der Waals surface area (Å²) >= 11 is 0. The van der Waals surface area contributed by atoms with Crippen molar-refractivity contribution in [3.05, 3.63) is 41.0 Å². The van der Waals surface area contributed by atoms with E-state index >= 15 is 0 Å². The van der Waals surface area contributed by atoms with Crippen LogP contribution in [0.4, 0.5) is 0 Å². The van der Waals surface area contributed by atoms with Gasteiger partial charge in [-0.3, -0.25) is 0 Å². The van der Waals surface area contributed by atoms with Gasteiger partial charge in [0, 0.05) is 0 Å². The molecule has 2 aromatic rings. The average Bonchev–Trinajstić information content (AvgIpc) is 2.35. The van der Waals surface area contributed by atoms with E-state index in [0.29, 0.717) is 0 Å². The van der Waals surface area contributed by atoms with Gasteiger partial charge >= 0.3 is 18.9 Å². The van der Waals surface area contributed by atoms with Gasteiger partial charge in [-0.05, 0) is 13.8 Å². The molecule has 62 valence electrons. The third-order valence-corrected chi connectivity index (χ3v) is 2.60. The molecule has 0 saturated carbocycles. The molecular weight excluding hydrogens is 151 g/mol. The van der Waals surface area contributed by atoms with E-state index in [1.165, 1.54) is 27.5 Å². The molecule has 0 amide bonds. The Morgan fingerprint density at radius 2 is 1.54 bits per heavy atom. The van der Waals surface area contributed by atoms with Gasteiger partial charge in [0.1, 0.15) is 0 Å². The topological polar surface area (TPSA) is 0 Å². The molecule has 2 rings (SSSR count). The first kappa shape index (κ1) is 10.5. The van der Waals surface area contributed by atoms with Crippen molar-refractivity contribution in [1.82, 2.24) is 0 Å². The Bertz CT molecular complexity index is 424. The summed E-state index contributed by atoms with van der Waals surface area (Å²) in [7, 11) is 0. The Hall–Kier alpha value is -0.573. The van der Waals surface area contributed by atoms with Gasteiger partial charge in [0.05, 0.1) is 0 Å². The van der Waals surface area contributed by atoms with Crippen LogP contribution in [0, 0.1) is 20.8 Å². The molecule has 0 nitrogen and oxygen atoms in total. The van der Waals surface area contributed by atoms with Gasteiger partial charge in [-0.2, -0.15) is 11.6 Å². The summed E-state index contributed by atoms with van der Waals surface area (Å²) in [6.45, 7) is 6.50. The normalized spacial score (nSPS) is 10.1. The van der Waals surface area contributed by atoms with E-state index in [1.54, 1.807) is 0 Å². The van der Waals surface area contributed by atoms with Crippen LogP contribution in [-0.4, -0.2) is 0 Å². The van der Waals surface area contributed by atoms with Gasteiger partial charge in [0.25, 0.3) is 0 Å². The van der Waals surface area contributed by atoms with Crippen molar-refractivity contribution in [2.24, 2.45) is 0 Å². The second kappa shape index (κ2) is 3.66. The fraction of sp³-hybridized carbons (Fsp3) is 0.250. The maximum atomic E-state index is 2.28. The maximum Gasteiger partial charge on any atom is 1.00 e. The third kappa shape index (κ3) is 1.70. The molecule has 0 N–H and O–H groups in total. The van der Waals surface area contributed by atoms with Crippen LogP contribution in [0.1, 0.15) is 16.7 Å². The molecule has 0 radical (unpaired) electrons. The summed E-state index contributed by atoms with van der Waals surface area (Å²) in [6.07, 6.45) is 0. The second-order valence-corrected chi connectivity index (χ2v) is 3.54. The van der Waals surface area contributed by atoms with Crippen LogP contribution in [-0.2, 0) is 0 Å². The summed E-state index contributed by atoms with van der Waals surface area (Å²) in [4.78, 5) is 0. The van der Waals surface area contributed by atoms with Crippen LogP contribution >= 0.6 is 0 Å². The molecular formula is C12H13Li. The van der Waals surface area contributed by atoms with Crippen molar-refractivity contribution in [2.45, 2.75) is 20.8 Å². The monoisotopic (exact) mass is 164 g/mol. The van der Waals surface area contributed by atoms with Crippen LogP contribution in [0.25, 0.3) is 10.8 Å². The van der Waals surface area contributed by atoms with E-state index in [2.05, 4.69) is 45.0 Å². The Kier molecular flexibility index (Phi) is 2.96. The van der Waals surface area contributed by atoms with Gasteiger partial charge in [-0.25, -0.2) is 0 Å². The Morgan fingerprint density at radius 3 is 2.23 bits per heavy atom. The van der Waals surface area contributed by atoms with Crippen molar-refractivity contribution in [1.29, 1.82) is 0 Å². The Morgan fingerprint density at radius 1 is 0.923 bits per heavy atom. The second-order valence-electron chi connectivity index (χ2n) is 3.54. The first-order valence-electron chi connectivity index (χ1n) is 4.32. The van der Waals surface area contributed by atoms with E-state index in [-0.39, 0.29) is 18.9 Å². The van der Waals surface area contributed by atoms with E-state index < -0.39 is 0 Å². The van der Waals surface area contributed by atoms with Gasteiger partial charge in [-0.15, -0.1) is 29.0 Å². The number of hydrogen-bond acceptors (Lipinski definition) is 0. The maximum absolute atomic E-state index is 2.28. The molecule has 0 saturated heterocycles. The zero-order chi connectivity index (χ0) is 8.72. The minimum absolute atomic E-state index is 0. The van der Waals surface area contributed by atoms with Crippen LogP contribution in [0.5, 0.6) is 0 Å². The molecule has 0 fully saturated rings. The molecule has 0 aliphatic heterocycles. The zero-order valence-electron chi connectivity index (χ0n) is 8.81. The predicted octanol–water partition coefficient (Wildman–Crippen LogP) is 0.488. The van der Waals surface area contributed by atoms with Gasteiger partial charge in [-0.1, -0.05) is 18.1 Å². The first-order valence-corrected chi connectivity index (χ1v) is 4.32. The number of aryl methyl sites for hydroxylation is 3. The molecule has 0 unspecified atom stereocenters. The number of fused-ring (bicyclic) bond motifs is 1. The van der Waals surface area contributed by atoms with Crippen molar-refractivity contribution >= 4 is 10.8 Å². The number of hydrogen-bond donors (Lipinski definition) is 0.